The number of nitrogens with zero attached hydrogens (tertiary/aromatic N) is 4. The third kappa shape index (κ3) is 2.87. The SMILES string of the molecule is CC1Cn2c(nnc2-c2ccccc2)CN1C(=O)c1cccc(Cl)c1Cl. The van der Waals surface area contributed by atoms with Gasteiger partial charge >= 0.3 is 0 Å². The molecule has 1 aliphatic rings. The van der Waals surface area contributed by atoms with E-state index in [1.165, 1.54) is 0 Å². The van der Waals surface area contributed by atoms with E-state index in [1.54, 1.807) is 23.1 Å². The van der Waals surface area contributed by atoms with E-state index in [0.29, 0.717) is 23.7 Å². The molecule has 26 heavy (non-hydrogen) atoms. The zero-order chi connectivity index (χ0) is 18.3. The maximum absolute atomic E-state index is 13.0. The topological polar surface area (TPSA) is 51.0 Å². The van der Waals surface area contributed by atoms with Crippen molar-refractivity contribution in [2.24, 2.45) is 0 Å². The molecule has 132 valence electrons. The van der Waals surface area contributed by atoms with Crippen LogP contribution >= 0.6 is 23.2 Å². The summed E-state index contributed by atoms with van der Waals surface area (Å²) in [6.45, 7) is 3.01. The van der Waals surface area contributed by atoms with Gasteiger partial charge < -0.3 is 9.47 Å². The first-order valence-corrected chi connectivity index (χ1v) is 9.04. The van der Waals surface area contributed by atoms with E-state index in [9.17, 15) is 4.79 Å². The third-order valence-electron chi connectivity index (χ3n) is 4.59. The van der Waals surface area contributed by atoms with Gasteiger partial charge in [-0.25, -0.2) is 0 Å². The van der Waals surface area contributed by atoms with Crippen LogP contribution in [0.3, 0.4) is 0 Å². The predicted octanol–water partition coefficient (Wildman–Crippen LogP) is 4.30. The number of rotatable bonds is 2. The Bertz CT molecular complexity index is 971. The Labute approximate surface area is 161 Å². The average molecular weight is 387 g/mol. The number of amides is 1. The Balaban J connectivity index is 1.66. The van der Waals surface area contributed by atoms with Crippen LogP contribution in [0.25, 0.3) is 11.4 Å². The average Bonchev–Trinajstić information content (AvgIpc) is 3.06. The summed E-state index contributed by atoms with van der Waals surface area (Å²) < 4.78 is 2.07. The Morgan fingerprint density at radius 2 is 1.85 bits per heavy atom. The second-order valence-corrected chi connectivity index (χ2v) is 7.09. The van der Waals surface area contributed by atoms with E-state index in [1.807, 2.05) is 37.3 Å². The molecule has 3 aromatic rings. The summed E-state index contributed by atoms with van der Waals surface area (Å²) in [7, 11) is 0. The molecule has 0 fully saturated rings. The van der Waals surface area contributed by atoms with Gasteiger partial charge in [0.05, 0.1) is 22.2 Å². The summed E-state index contributed by atoms with van der Waals surface area (Å²) in [6, 6.07) is 15.0. The molecule has 5 nitrogen and oxygen atoms in total. The molecular formula is C19H16Cl2N4O. The molecule has 1 atom stereocenters. The fourth-order valence-electron chi connectivity index (χ4n) is 3.21. The van der Waals surface area contributed by atoms with Gasteiger partial charge in [0, 0.05) is 18.2 Å². The van der Waals surface area contributed by atoms with Crippen LogP contribution in [0, 0.1) is 0 Å². The van der Waals surface area contributed by atoms with Gasteiger partial charge in [-0.1, -0.05) is 59.6 Å². The highest BCUT2D eigenvalue weighted by Crippen LogP contribution is 2.29. The molecule has 0 saturated carbocycles. The van der Waals surface area contributed by atoms with Crippen molar-refractivity contribution < 1.29 is 4.79 Å². The first kappa shape index (κ1) is 17.1. The second kappa shape index (κ2) is 6.74. The Morgan fingerprint density at radius 1 is 1.08 bits per heavy atom. The van der Waals surface area contributed by atoms with E-state index in [4.69, 9.17) is 23.2 Å². The van der Waals surface area contributed by atoms with Gasteiger partial charge in [0.1, 0.15) is 0 Å². The minimum atomic E-state index is -0.152. The lowest BCUT2D eigenvalue weighted by molar-refractivity contribution is 0.0612. The lowest BCUT2D eigenvalue weighted by Crippen LogP contribution is -2.45. The van der Waals surface area contributed by atoms with Crippen LogP contribution in [-0.2, 0) is 13.1 Å². The van der Waals surface area contributed by atoms with Gasteiger partial charge in [-0.2, -0.15) is 0 Å². The molecule has 1 aliphatic heterocycles. The zero-order valence-electron chi connectivity index (χ0n) is 14.1. The van der Waals surface area contributed by atoms with Gasteiger partial charge in [0.15, 0.2) is 11.6 Å². The Morgan fingerprint density at radius 3 is 2.62 bits per heavy atom. The second-order valence-electron chi connectivity index (χ2n) is 6.30. The summed E-state index contributed by atoms with van der Waals surface area (Å²) >= 11 is 12.3. The van der Waals surface area contributed by atoms with E-state index in [2.05, 4.69) is 14.8 Å². The molecule has 0 spiro atoms. The number of carbonyl (C=O) groups is 1. The molecule has 1 unspecified atom stereocenters. The van der Waals surface area contributed by atoms with Crippen molar-refractivity contribution in [2.45, 2.75) is 26.1 Å². The highest BCUT2D eigenvalue weighted by molar-refractivity contribution is 6.43. The van der Waals surface area contributed by atoms with Crippen molar-refractivity contribution in [1.82, 2.24) is 19.7 Å². The highest BCUT2D eigenvalue weighted by Gasteiger charge is 2.31. The molecule has 2 heterocycles. The number of halogens is 2. The summed E-state index contributed by atoms with van der Waals surface area (Å²) in [5.74, 6) is 1.43. The van der Waals surface area contributed by atoms with E-state index < -0.39 is 0 Å². The summed E-state index contributed by atoms with van der Waals surface area (Å²) in [5, 5.41) is 9.28. The molecule has 4 rings (SSSR count). The fraction of sp³-hybridized carbons (Fsp3) is 0.211. The zero-order valence-corrected chi connectivity index (χ0v) is 15.6. The van der Waals surface area contributed by atoms with Gasteiger partial charge in [-0.15, -0.1) is 10.2 Å². The Hall–Kier alpha value is -2.37. The summed E-state index contributed by atoms with van der Waals surface area (Å²) in [4.78, 5) is 14.8. The summed E-state index contributed by atoms with van der Waals surface area (Å²) in [5.41, 5.74) is 1.42. The molecular weight excluding hydrogens is 371 g/mol. The van der Waals surface area contributed by atoms with Gasteiger partial charge in [-0.3, -0.25) is 4.79 Å². The molecule has 0 N–H and O–H groups in total. The molecule has 7 heteroatoms. The lowest BCUT2D eigenvalue weighted by atomic mass is 10.1. The monoisotopic (exact) mass is 386 g/mol. The van der Waals surface area contributed by atoms with Crippen molar-refractivity contribution in [2.75, 3.05) is 0 Å². The largest absolute Gasteiger partial charge is 0.327 e. The Kier molecular flexibility index (Phi) is 4.42. The van der Waals surface area contributed by atoms with Gasteiger partial charge in [-0.05, 0) is 19.1 Å². The van der Waals surface area contributed by atoms with E-state index >= 15 is 0 Å². The van der Waals surface area contributed by atoms with Crippen LogP contribution < -0.4 is 0 Å². The van der Waals surface area contributed by atoms with Crippen molar-refractivity contribution in [1.29, 1.82) is 0 Å². The number of carbonyl (C=O) groups excluding carboxylic acids is 1. The lowest BCUT2D eigenvalue weighted by Gasteiger charge is -2.34. The van der Waals surface area contributed by atoms with Crippen LogP contribution in [0.4, 0.5) is 0 Å². The highest BCUT2D eigenvalue weighted by atomic mass is 35.5. The van der Waals surface area contributed by atoms with Crippen molar-refractivity contribution in [3.8, 4) is 11.4 Å². The number of fused-ring (bicyclic) bond motifs is 1. The molecule has 0 aliphatic carbocycles. The van der Waals surface area contributed by atoms with Crippen LogP contribution in [0.15, 0.2) is 48.5 Å². The molecule has 1 aromatic heterocycles. The maximum atomic E-state index is 13.0. The first-order chi connectivity index (χ1) is 12.6. The normalized spacial score (nSPS) is 16.4. The minimum Gasteiger partial charge on any atom is -0.327 e. The number of benzene rings is 2. The first-order valence-electron chi connectivity index (χ1n) is 8.28. The van der Waals surface area contributed by atoms with Crippen LogP contribution in [0.2, 0.25) is 10.0 Å². The predicted molar refractivity (Wildman–Crippen MR) is 101 cm³/mol. The molecule has 2 aromatic carbocycles. The van der Waals surface area contributed by atoms with E-state index in [-0.39, 0.29) is 17.0 Å². The van der Waals surface area contributed by atoms with Gasteiger partial charge in [0.2, 0.25) is 0 Å². The van der Waals surface area contributed by atoms with Crippen molar-refractivity contribution in [3.63, 3.8) is 0 Å². The number of hydrogen-bond acceptors (Lipinski definition) is 3. The van der Waals surface area contributed by atoms with Crippen molar-refractivity contribution in [3.05, 3.63) is 70.0 Å². The van der Waals surface area contributed by atoms with Crippen LogP contribution in [0.5, 0.6) is 0 Å². The standard InChI is InChI=1S/C19H16Cl2N4O/c1-12-10-25-16(22-23-18(25)13-6-3-2-4-7-13)11-24(12)19(26)14-8-5-9-15(20)17(14)21/h2-9,12H,10-11H2,1H3. The molecule has 0 bridgehead atoms. The number of hydrogen-bond donors (Lipinski definition) is 0. The maximum Gasteiger partial charge on any atom is 0.256 e. The molecule has 1 amide bonds. The van der Waals surface area contributed by atoms with E-state index in [0.717, 1.165) is 17.2 Å². The minimum absolute atomic E-state index is 0.0245. The quantitative estimate of drug-likeness (QED) is 0.659. The molecule has 0 radical (unpaired) electrons. The third-order valence-corrected chi connectivity index (χ3v) is 5.41. The van der Waals surface area contributed by atoms with Gasteiger partial charge in [0.25, 0.3) is 5.91 Å². The summed E-state index contributed by atoms with van der Waals surface area (Å²) in [6.07, 6.45) is 0. The molecule has 0 saturated heterocycles. The van der Waals surface area contributed by atoms with Crippen molar-refractivity contribution >= 4 is 29.1 Å². The fourth-order valence-corrected chi connectivity index (χ4v) is 3.59. The van der Waals surface area contributed by atoms with Crippen LogP contribution in [-0.4, -0.2) is 31.6 Å². The number of aromatic nitrogens is 3. The smallest absolute Gasteiger partial charge is 0.256 e. The van der Waals surface area contributed by atoms with Crippen LogP contribution in [0.1, 0.15) is 23.1 Å².